The van der Waals surface area contributed by atoms with Gasteiger partial charge in [-0.25, -0.2) is 0 Å². The molecule has 96 valence electrons. The van der Waals surface area contributed by atoms with Gasteiger partial charge in [0.2, 0.25) is 0 Å². The molecular formula is C14H22O3. The molecule has 1 atom stereocenters. The Kier molecular flexibility index (Phi) is 4.97. The van der Waals surface area contributed by atoms with Crippen molar-refractivity contribution in [2.75, 3.05) is 14.2 Å². The number of benzene rings is 1. The summed E-state index contributed by atoms with van der Waals surface area (Å²) < 4.78 is 10.5. The highest BCUT2D eigenvalue weighted by Crippen LogP contribution is 2.26. The van der Waals surface area contributed by atoms with Gasteiger partial charge in [-0.15, -0.1) is 0 Å². The summed E-state index contributed by atoms with van der Waals surface area (Å²) in [7, 11) is 3.32. The Morgan fingerprint density at radius 2 is 2.00 bits per heavy atom. The molecule has 0 aromatic heterocycles. The van der Waals surface area contributed by atoms with Crippen molar-refractivity contribution in [1.29, 1.82) is 0 Å². The van der Waals surface area contributed by atoms with Crippen molar-refractivity contribution in [3.8, 4) is 5.75 Å². The highest BCUT2D eigenvalue weighted by Gasteiger charge is 2.19. The van der Waals surface area contributed by atoms with E-state index in [-0.39, 0.29) is 5.60 Å². The molecule has 1 N–H and O–H groups in total. The van der Waals surface area contributed by atoms with Crippen LogP contribution in [0.2, 0.25) is 0 Å². The molecule has 0 aliphatic rings. The first-order chi connectivity index (χ1) is 7.98. The summed E-state index contributed by atoms with van der Waals surface area (Å²) in [5.41, 5.74) is 0.691. The molecule has 0 saturated carbocycles. The molecule has 0 fully saturated rings. The lowest BCUT2D eigenvalue weighted by molar-refractivity contribution is 0.00278. The molecule has 3 nitrogen and oxygen atoms in total. The number of rotatable bonds is 6. The van der Waals surface area contributed by atoms with E-state index in [9.17, 15) is 5.11 Å². The van der Waals surface area contributed by atoms with Crippen molar-refractivity contribution in [3.05, 3.63) is 29.8 Å². The molecule has 1 rings (SSSR count). The molecule has 1 aromatic rings. The smallest absolute Gasteiger partial charge is 0.119 e. The fraction of sp³-hybridized carbons (Fsp3) is 0.571. The maximum atomic E-state index is 10.1. The van der Waals surface area contributed by atoms with Crippen molar-refractivity contribution in [3.63, 3.8) is 0 Å². The Morgan fingerprint density at radius 3 is 2.59 bits per heavy atom. The number of aliphatic hydroxyl groups excluding tert-OH is 1. The number of hydrogen-bond acceptors (Lipinski definition) is 3. The molecule has 1 unspecified atom stereocenters. The molecule has 0 amide bonds. The van der Waals surface area contributed by atoms with E-state index in [4.69, 9.17) is 9.47 Å². The molecule has 0 spiro atoms. The van der Waals surface area contributed by atoms with Gasteiger partial charge >= 0.3 is 0 Å². The van der Waals surface area contributed by atoms with Crippen LogP contribution in [0, 0.1) is 0 Å². The second kappa shape index (κ2) is 6.03. The van der Waals surface area contributed by atoms with Gasteiger partial charge in [0, 0.05) is 7.11 Å². The number of hydrogen-bond donors (Lipinski definition) is 1. The zero-order valence-electron chi connectivity index (χ0n) is 11.1. The van der Waals surface area contributed by atoms with Crippen molar-refractivity contribution in [1.82, 2.24) is 0 Å². The fourth-order valence-corrected chi connectivity index (χ4v) is 1.60. The van der Waals surface area contributed by atoms with E-state index < -0.39 is 6.10 Å². The van der Waals surface area contributed by atoms with Gasteiger partial charge in [-0.1, -0.05) is 12.1 Å². The lowest BCUT2D eigenvalue weighted by atomic mass is 9.96. The third kappa shape index (κ3) is 4.36. The summed E-state index contributed by atoms with van der Waals surface area (Å²) in [6.07, 6.45) is 1.01. The zero-order chi connectivity index (χ0) is 12.9. The topological polar surface area (TPSA) is 38.7 Å². The van der Waals surface area contributed by atoms with Gasteiger partial charge in [0.15, 0.2) is 0 Å². The van der Waals surface area contributed by atoms with E-state index in [0.717, 1.165) is 17.7 Å². The second-order valence-corrected chi connectivity index (χ2v) is 4.79. The summed E-state index contributed by atoms with van der Waals surface area (Å²) in [5, 5.41) is 10.1. The van der Waals surface area contributed by atoms with Crippen LogP contribution in [0.4, 0.5) is 0 Å². The monoisotopic (exact) mass is 238 g/mol. The van der Waals surface area contributed by atoms with Crippen LogP contribution in [-0.2, 0) is 4.74 Å². The van der Waals surface area contributed by atoms with Gasteiger partial charge in [-0.2, -0.15) is 0 Å². The Labute approximate surface area is 103 Å². The summed E-state index contributed by atoms with van der Waals surface area (Å²) >= 11 is 0. The average molecular weight is 238 g/mol. The van der Waals surface area contributed by atoms with Crippen molar-refractivity contribution < 1.29 is 14.6 Å². The third-order valence-corrected chi connectivity index (χ3v) is 3.05. The van der Waals surface area contributed by atoms with Crippen molar-refractivity contribution >= 4 is 0 Å². The predicted octanol–water partition coefficient (Wildman–Crippen LogP) is 2.93. The zero-order valence-corrected chi connectivity index (χ0v) is 11.1. The van der Waals surface area contributed by atoms with Crippen LogP contribution in [-0.4, -0.2) is 24.9 Å². The lowest BCUT2D eigenvalue weighted by Gasteiger charge is -2.24. The summed E-state index contributed by atoms with van der Waals surface area (Å²) in [6, 6.07) is 7.53. The van der Waals surface area contributed by atoms with Crippen LogP contribution in [0.1, 0.15) is 38.4 Å². The van der Waals surface area contributed by atoms with E-state index in [2.05, 4.69) is 0 Å². The second-order valence-electron chi connectivity index (χ2n) is 4.79. The van der Waals surface area contributed by atoms with E-state index in [1.807, 2.05) is 38.1 Å². The molecule has 3 heteroatoms. The van der Waals surface area contributed by atoms with Gasteiger partial charge in [-0.3, -0.25) is 0 Å². The van der Waals surface area contributed by atoms with Crippen LogP contribution in [0.25, 0.3) is 0 Å². The lowest BCUT2D eigenvalue weighted by Crippen LogP contribution is -2.23. The fourth-order valence-electron chi connectivity index (χ4n) is 1.60. The number of aliphatic hydroxyl groups is 1. The standard InChI is InChI=1S/C14H22O3/c1-14(2,17-4)9-8-13(15)11-6-5-7-12(10-11)16-3/h5-7,10,13,15H,8-9H2,1-4H3. The molecule has 0 heterocycles. The minimum atomic E-state index is -0.473. The Hall–Kier alpha value is -1.06. The van der Waals surface area contributed by atoms with Crippen LogP contribution >= 0.6 is 0 Å². The molecule has 17 heavy (non-hydrogen) atoms. The number of methoxy groups -OCH3 is 2. The van der Waals surface area contributed by atoms with Gasteiger partial charge in [0.1, 0.15) is 5.75 Å². The molecular weight excluding hydrogens is 216 g/mol. The molecule has 1 aromatic carbocycles. The quantitative estimate of drug-likeness (QED) is 0.828. The van der Waals surface area contributed by atoms with E-state index in [1.54, 1.807) is 14.2 Å². The predicted molar refractivity (Wildman–Crippen MR) is 68.3 cm³/mol. The van der Waals surface area contributed by atoms with Gasteiger partial charge in [0.25, 0.3) is 0 Å². The largest absolute Gasteiger partial charge is 0.497 e. The van der Waals surface area contributed by atoms with Crippen LogP contribution < -0.4 is 4.74 Å². The molecule has 0 bridgehead atoms. The van der Waals surface area contributed by atoms with Gasteiger partial charge < -0.3 is 14.6 Å². The Balaban J connectivity index is 2.60. The summed E-state index contributed by atoms with van der Waals surface area (Å²) in [6.45, 7) is 4.04. The van der Waals surface area contributed by atoms with E-state index in [0.29, 0.717) is 6.42 Å². The van der Waals surface area contributed by atoms with Gasteiger partial charge in [0.05, 0.1) is 18.8 Å². The third-order valence-electron chi connectivity index (χ3n) is 3.05. The average Bonchev–Trinajstić information content (AvgIpc) is 2.36. The molecule has 0 radical (unpaired) electrons. The van der Waals surface area contributed by atoms with Crippen molar-refractivity contribution in [2.24, 2.45) is 0 Å². The maximum absolute atomic E-state index is 10.1. The number of ether oxygens (including phenoxy) is 2. The first-order valence-electron chi connectivity index (χ1n) is 5.85. The van der Waals surface area contributed by atoms with Crippen molar-refractivity contribution in [2.45, 2.75) is 38.4 Å². The molecule has 0 aliphatic heterocycles. The summed E-state index contributed by atoms with van der Waals surface area (Å²) in [4.78, 5) is 0. The summed E-state index contributed by atoms with van der Waals surface area (Å²) in [5.74, 6) is 0.771. The SMILES string of the molecule is COc1cccc(C(O)CCC(C)(C)OC)c1. The van der Waals surface area contributed by atoms with Gasteiger partial charge in [-0.05, 0) is 44.4 Å². The Morgan fingerprint density at radius 1 is 1.29 bits per heavy atom. The minimum Gasteiger partial charge on any atom is -0.497 e. The Bertz CT molecular complexity index is 347. The first-order valence-corrected chi connectivity index (χ1v) is 5.85. The van der Waals surface area contributed by atoms with E-state index in [1.165, 1.54) is 0 Å². The van der Waals surface area contributed by atoms with Crippen LogP contribution in [0.15, 0.2) is 24.3 Å². The normalized spacial score (nSPS) is 13.5. The molecule has 0 aliphatic carbocycles. The highest BCUT2D eigenvalue weighted by molar-refractivity contribution is 5.29. The first kappa shape index (κ1) is 14.0. The highest BCUT2D eigenvalue weighted by atomic mass is 16.5. The van der Waals surface area contributed by atoms with Crippen LogP contribution in [0.5, 0.6) is 5.75 Å². The maximum Gasteiger partial charge on any atom is 0.119 e. The minimum absolute atomic E-state index is 0.195. The van der Waals surface area contributed by atoms with E-state index >= 15 is 0 Å². The molecule has 0 saturated heterocycles. The van der Waals surface area contributed by atoms with Crippen LogP contribution in [0.3, 0.4) is 0 Å².